The van der Waals surface area contributed by atoms with Crippen LogP contribution in [0.1, 0.15) is 110 Å². The molecule has 2 rings (SSSR count). The van der Waals surface area contributed by atoms with E-state index < -0.39 is 71.6 Å². The fourth-order valence-electron chi connectivity index (χ4n) is 5.67. The molecule has 0 bridgehead atoms. The van der Waals surface area contributed by atoms with Gasteiger partial charge in [-0.3, -0.25) is 14.4 Å². The molecule has 0 radical (unpaired) electrons. The number of nitrogens with two attached hydrogens (primary N) is 1. The standard InChI is InChI=1S/C39H58N4O7/c1-24(2)20-21-27(5)43(35(46)29(23-31(40)44)42-37(48)50-39(9,10)11)33(32-25(3)16-15-17-26(32)4)34(45)41-30(36(47)49-38(6,7)8)22-28-18-13-12-14-19-28/h12-19,24,27,29-30,33H,20-23H2,1-11H3,(H2,40,44)(H,41,45)(H,42,48). The Kier molecular flexibility index (Phi) is 15.0. The third-order valence-electron chi connectivity index (χ3n) is 7.92. The Morgan fingerprint density at radius 1 is 0.760 bits per heavy atom. The molecule has 276 valence electrons. The maximum Gasteiger partial charge on any atom is 0.408 e. The summed E-state index contributed by atoms with van der Waals surface area (Å²) in [6, 6.07) is 10.5. The number of nitrogens with zero attached hydrogens (tertiary/aromatic N) is 1. The number of carbonyl (C=O) groups excluding carboxylic acids is 5. The molecule has 0 aliphatic rings. The number of hydrogen-bond acceptors (Lipinski definition) is 7. The van der Waals surface area contributed by atoms with Crippen LogP contribution in [0.4, 0.5) is 4.79 Å². The number of amides is 4. The molecule has 11 nitrogen and oxygen atoms in total. The quantitative estimate of drug-likeness (QED) is 0.198. The Morgan fingerprint density at radius 3 is 1.82 bits per heavy atom. The minimum absolute atomic E-state index is 0.141. The van der Waals surface area contributed by atoms with Crippen LogP contribution in [0.5, 0.6) is 0 Å². The van der Waals surface area contributed by atoms with Crippen LogP contribution in [0.15, 0.2) is 48.5 Å². The van der Waals surface area contributed by atoms with Crippen LogP contribution in [0.3, 0.4) is 0 Å². The number of esters is 1. The van der Waals surface area contributed by atoms with Crippen molar-refractivity contribution >= 4 is 29.8 Å². The lowest BCUT2D eigenvalue weighted by Crippen LogP contribution is -2.58. The number of hydrogen-bond donors (Lipinski definition) is 3. The fourth-order valence-corrected chi connectivity index (χ4v) is 5.67. The summed E-state index contributed by atoms with van der Waals surface area (Å²) in [6.45, 7) is 19.9. The zero-order valence-electron chi connectivity index (χ0n) is 31.7. The zero-order chi connectivity index (χ0) is 38.0. The fraction of sp³-hybridized carbons (Fsp3) is 0.564. The van der Waals surface area contributed by atoms with Crippen LogP contribution >= 0.6 is 0 Å². The molecular formula is C39H58N4O7. The van der Waals surface area contributed by atoms with Gasteiger partial charge in [-0.2, -0.15) is 0 Å². The molecule has 4 N–H and O–H groups in total. The summed E-state index contributed by atoms with van der Waals surface area (Å²) in [7, 11) is 0. The van der Waals surface area contributed by atoms with Crippen LogP contribution < -0.4 is 16.4 Å². The second-order valence-corrected chi connectivity index (χ2v) is 15.4. The van der Waals surface area contributed by atoms with Gasteiger partial charge in [0.25, 0.3) is 0 Å². The molecule has 4 unspecified atom stereocenters. The Hall–Kier alpha value is -4.41. The summed E-state index contributed by atoms with van der Waals surface area (Å²) in [5.41, 5.74) is 6.72. The number of nitrogens with one attached hydrogen (secondary N) is 2. The third kappa shape index (κ3) is 13.5. The summed E-state index contributed by atoms with van der Waals surface area (Å²) < 4.78 is 11.2. The highest BCUT2D eigenvalue weighted by molar-refractivity contribution is 5.96. The smallest absolute Gasteiger partial charge is 0.408 e. The van der Waals surface area contributed by atoms with Gasteiger partial charge in [-0.1, -0.05) is 62.4 Å². The van der Waals surface area contributed by atoms with Gasteiger partial charge in [0, 0.05) is 12.5 Å². The summed E-state index contributed by atoms with van der Waals surface area (Å²) in [5, 5.41) is 5.47. The molecule has 4 amide bonds. The third-order valence-corrected chi connectivity index (χ3v) is 7.92. The number of carbonyl (C=O) groups is 5. The van der Waals surface area contributed by atoms with Crippen molar-refractivity contribution in [2.45, 2.75) is 137 Å². The van der Waals surface area contributed by atoms with E-state index in [1.165, 1.54) is 4.90 Å². The lowest BCUT2D eigenvalue weighted by atomic mass is 9.91. The van der Waals surface area contributed by atoms with Gasteiger partial charge in [-0.15, -0.1) is 0 Å². The number of rotatable bonds is 15. The topological polar surface area (TPSA) is 157 Å². The number of benzene rings is 2. The molecule has 2 aromatic rings. The number of alkyl carbamates (subject to hydrolysis) is 1. The van der Waals surface area contributed by atoms with E-state index in [1.54, 1.807) is 41.5 Å². The van der Waals surface area contributed by atoms with Crippen molar-refractivity contribution in [3.63, 3.8) is 0 Å². The molecule has 0 saturated carbocycles. The van der Waals surface area contributed by atoms with Crippen molar-refractivity contribution in [2.24, 2.45) is 11.7 Å². The maximum absolute atomic E-state index is 14.8. The number of primary amides is 1. The van der Waals surface area contributed by atoms with E-state index in [0.29, 0.717) is 12.0 Å². The van der Waals surface area contributed by atoms with Crippen molar-refractivity contribution in [3.05, 3.63) is 70.8 Å². The highest BCUT2D eigenvalue weighted by atomic mass is 16.6. The van der Waals surface area contributed by atoms with Crippen LogP contribution in [0, 0.1) is 19.8 Å². The highest BCUT2D eigenvalue weighted by Gasteiger charge is 2.42. The van der Waals surface area contributed by atoms with Crippen LogP contribution in [0.2, 0.25) is 0 Å². The molecule has 2 aromatic carbocycles. The van der Waals surface area contributed by atoms with Gasteiger partial charge in [-0.05, 0) is 103 Å². The van der Waals surface area contributed by atoms with Crippen LogP contribution in [0.25, 0.3) is 0 Å². The van der Waals surface area contributed by atoms with Crippen molar-refractivity contribution in [2.75, 3.05) is 0 Å². The molecule has 0 spiro atoms. The van der Waals surface area contributed by atoms with Crippen molar-refractivity contribution in [1.82, 2.24) is 15.5 Å². The predicted octanol–water partition coefficient (Wildman–Crippen LogP) is 5.84. The molecule has 4 atom stereocenters. The first-order valence-corrected chi connectivity index (χ1v) is 17.3. The summed E-state index contributed by atoms with van der Waals surface area (Å²) in [4.78, 5) is 70.0. The molecule has 50 heavy (non-hydrogen) atoms. The molecule has 0 aromatic heterocycles. The van der Waals surface area contributed by atoms with Gasteiger partial charge >= 0.3 is 12.1 Å². The van der Waals surface area contributed by atoms with Gasteiger partial charge in [0.2, 0.25) is 17.7 Å². The Morgan fingerprint density at radius 2 is 1.32 bits per heavy atom. The minimum Gasteiger partial charge on any atom is -0.458 e. The van der Waals surface area contributed by atoms with Gasteiger partial charge in [0.1, 0.15) is 29.3 Å². The largest absolute Gasteiger partial charge is 0.458 e. The van der Waals surface area contributed by atoms with E-state index in [-0.39, 0.29) is 12.3 Å². The van der Waals surface area contributed by atoms with E-state index in [4.69, 9.17) is 15.2 Å². The SMILES string of the molecule is Cc1cccc(C)c1C(C(=O)NC(Cc1ccccc1)C(=O)OC(C)(C)C)N(C(=O)C(CC(N)=O)NC(=O)OC(C)(C)C)C(C)CCC(C)C. The minimum atomic E-state index is -1.44. The van der Waals surface area contributed by atoms with Gasteiger partial charge in [0.05, 0.1) is 6.42 Å². The molecule has 0 aliphatic heterocycles. The van der Waals surface area contributed by atoms with Crippen LogP contribution in [-0.2, 0) is 35.1 Å². The van der Waals surface area contributed by atoms with E-state index >= 15 is 0 Å². The zero-order valence-corrected chi connectivity index (χ0v) is 31.7. The van der Waals surface area contributed by atoms with Crippen LogP contribution in [-0.4, -0.2) is 64.0 Å². The lowest BCUT2D eigenvalue weighted by molar-refractivity contribution is -0.159. The summed E-state index contributed by atoms with van der Waals surface area (Å²) in [5.74, 6) is -2.47. The molecule has 0 saturated heterocycles. The lowest BCUT2D eigenvalue weighted by Gasteiger charge is -2.40. The molecule has 11 heteroatoms. The number of ether oxygens (including phenoxy) is 2. The van der Waals surface area contributed by atoms with E-state index in [0.717, 1.165) is 23.1 Å². The Balaban J connectivity index is 2.79. The highest BCUT2D eigenvalue weighted by Crippen LogP contribution is 2.32. The monoisotopic (exact) mass is 694 g/mol. The normalized spacial score (nSPS) is 14.2. The Labute approximate surface area is 298 Å². The van der Waals surface area contributed by atoms with Gasteiger partial charge < -0.3 is 30.7 Å². The van der Waals surface area contributed by atoms with E-state index in [1.807, 2.05) is 69.3 Å². The first-order chi connectivity index (χ1) is 23.1. The molecule has 0 heterocycles. The van der Waals surface area contributed by atoms with E-state index in [9.17, 15) is 24.0 Å². The summed E-state index contributed by atoms with van der Waals surface area (Å²) in [6.07, 6.45) is -0.0649. The second kappa shape index (κ2) is 18.0. The first-order valence-electron chi connectivity index (χ1n) is 17.3. The average Bonchev–Trinajstić information content (AvgIpc) is 2.96. The second-order valence-electron chi connectivity index (χ2n) is 15.4. The van der Waals surface area contributed by atoms with Crippen molar-refractivity contribution < 1.29 is 33.4 Å². The Bertz CT molecular complexity index is 1460. The number of aryl methyl sites for hydroxylation is 2. The van der Waals surface area contributed by atoms with Gasteiger partial charge in [-0.25, -0.2) is 9.59 Å². The predicted molar refractivity (Wildman–Crippen MR) is 194 cm³/mol. The summed E-state index contributed by atoms with van der Waals surface area (Å²) >= 11 is 0. The first kappa shape index (κ1) is 41.8. The van der Waals surface area contributed by atoms with Gasteiger partial charge in [0.15, 0.2) is 0 Å². The maximum atomic E-state index is 14.8. The molecular weight excluding hydrogens is 636 g/mol. The van der Waals surface area contributed by atoms with E-state index in [2.05, 4.69) is 24.5 Å². The molecule has 0 aliphatic carbocycles. The molecule has 0 fully saturated rings. The van der Waals surface area contributed by atoms with Crippen molar-refractivity contribution in [3.8, 4) is 0 Å². The average molecular weight is 695 g/mol. The van der Waals surface area contributed by atoms with Crippen molar-refractivity contribution in [1.29, 1.82) is 0 Å².